The van der Waals surface area contributed by atoms with E-state index in [0.717, 1.165) is 11.1 Å². The fourth-order valence-corrected chi connectivity index (χ4v) is 3.28. The molecule has 0 heterocycles. The molecular weight excluding hydrogens is 316 g/mol. The molecule has 4 nitrogen and oxygen atoms in total. The largest absolute Gasteiger partial charge is 0.465 e. The van der Waals surface area contributed by atoms with Crippen molar-refractivity contribution < 1.29 is 19.4 Å². The Hall–Kier alpha value is -2.46. The first kappa shape index (κ1) is 17.4. The number of hydrogen-bond acceptors (Lipinski definition) is 4. The number of benzene rings is 2. The molecule has 4 heteroatoms. The van der Waals surface area contributed by atoms with Crippen LogP contribution in [0, 0.1) is 5.41 Å². The minimum absolute atomic E-state index is 0.00550. The molecule has 1 aliphatic rings. The van der Waals surface area contributed by atoms with Gasteiger partial charge in [-0.3, -0.25) is 9.59 Å². The topological polar surface area (TPSA) is 63.6 Å². The van der Waals surface area contributed by atoms with E-state index in [1.165, 1.54) is 18.1 Å². The van der Waals surface area contributed by atoms with E-state index in [1.54, 1.807) is 6.92 Å². The number of aliphatic hydroxyl groups excluding tert-OH is 1. The minimum Gasteiger partial charge on any atom is -0.465 e. The summed E-state index contributed by atoms with van der Waals surface area (Å²) in [6.45, 7) is 2.82. The van der Waals surface area contributed by atoms with E-state index >= 15 is 0 Å². The van der Waals surface area contributed by atoms with Gasteiger partial charge in [0.05, 0.1) is 18.4 Å². The second-order valence-electron chi connectivity index (χ2n) is 6.86. The van der Waals surface area contributed by atoms with Crippen LogP contribution in [0.2, 0.25) is 0 Å². The second-order valence-corrected chi connectivity index (χ2v) is 6.86. The molecule has 130 valence electrons. The first-order valence-electron chi connectivity index (χ1n) is 8.42. The van der Waals surface area contributed by atoms with Crippen molar-refractivity contribution in [2.24, 2.45) is 5.41 Å². The van der Waals surface area contributed by atoms with Gasteiger partial charge in [0.25, 0.3) is 0 Å². The lowest BCUT2D eigenvalue weighted by Gasteiger charge is -2.23. The van der Waals surface area contributed by atoms with Crippen LogP contribution < -0.4 is 0 Å². The van der Waals surface area contributed by atoms with Gasteiger partial charge in [0.15, 0.2) is 0 Å². The molecule has 0 fully saturated rings. The molecular formula is C21H22O4. The summed E-state index contributed by atoms with van der Waals surface area (Å²) in [5.74, 6) is -0.689. The van der Waals surface area contributed by atoms with Crippen LogP contribution in [0.5, 0.6) is 0 Å². The number of ketones is 1. The number of esters is 1. The Bertz CT molecular complexity index is 766. The molecule has 1 atom stereocenters. The quantitative estimate of drug-likeness (QED) is 0.821. The monoisotopic (exact) mass is 338 g/mol. The highest BCUT2D eigenvalue weighted by Gasteiger charge is 2.34. The summed E-state index contributed by atoms with van der Waals surface area (Å²) in [6, 6.07) is 16.2. The van der Waals surface area contributed by atoms with E-state index in [4.69, 9.17) is 4.74 Å². The number of carbonyl (C=O) groups excluding carboxylic acids is 2. The molecule has 2 aromatic rings. The molecule has 0 aromatic heterocycles. The lowest BCUT2D eigenvalue weighted by Crippen LogP contribution is -2.33. The summed E-state index contributed by atoms with van der Waals surface area (Å²) in [4.78, 5) is 23.9. The fraction of sp³-hybridized carbons (Fsp3) is 0.333. The van der Waals surface area contributed by atoms with Crippen molar-refractivity contribution >= 4 is 11.8 Å². The number of hydrogen-bond donors (Lipinski definition) is 1. The van der Waals surface area contributed by atoms with E-state index in [1.807, 2.05) is 24.3 Å². The number of Topliss-reactive ketones (excluding diaryl/α,β-unsaturated/α-hetero) is 1. The van der Waals surface area contributed by atoms with Crippen molar-refractivity contribution in [3.63, 3.8) is 0 Å². The van der Waals surface area contributed by atoms with Crippen LogP contribution in [0.4, 0.5) is 0 Å². The molecule has 1 unspecified atom stereocenters. The Labute approximate surface area is 147 Å². The van der Waals surface area contributed by atoms with Gasteiger partial charge in [-0.2, -0.15) is 0 Å². The standard InChI is InChI=1S/C21H22O4/c1-14(23)21(2,13-22)11-20(24)25-12-19-17-9-5-3-7-15(17)16-8-4-6-10-18(16)19/h3-10,19,22H,11-13H2,1-2H3. The van der Waals surface area contributed by atoms with Crippen LogP contribution in [0.1, 0.15) is 37.3 Å². The van der Waals surface area contributed by atoms with E-state index < -0.39 is 11.4 Å². The first-order valence-corrected chi connectivity index (χ1v) is 8.42. The van der Waals surface area contributed by atoms with Gasteiger partial charge in [-0.25, -0.2) is 0 Å². The summed E-state index contributed by atoms with van der Waals surface area (Å²) in [6.07, 6.45) is -0.116. The van der Waals surface area contributed by atoms with Gasteiger partial charge >= 0.3 is 5.97 Å². The number of rotatable bonds is 6. The summed E-state index contributed by atoms with van der Waals surface area (Å²) >= 11 is 0. The van der Waals surface area contributed by atoms with E-state index in [0.29, 0.717) is 0 Å². The Kier molecular flexibility index (Phi) is 4.73. The van der Waals surface area contributed by atoms with Crippen LogP contribution in [-0.2, 0) is 14.3 Å². The summed E-state index contributed by atoms with van der Waals surface area (Å²) in [5.41, 5.74) is 3.55. The third-order valence-electron chi connectivity index (χ3n) is 5.11. The molecule has 1 N–H and O–H groups in total. The second kappa shape index (κ2) is 6.81. The molecule has 0 saturated carbocycles. The van der Waals surface area contributed by atoms with Crippen LogP contribution in [0.15, 0.2) is 48.5 Å². The van der Waals surface area contributed by atoms with Gasteiger partial charge in [-0.15, -0.1) is 0 Å². The van der Waals surface area contributed by atoms with Crippen LogP contribution in [0.25, 0.3) is 11.1 Å². The average molecular weight is 338 g/mol. The Morgan fingerprint density at radius 2 is 1.56 bits per heavy atom. The maximum atomic E-state index is 12.2. The molecule has 2 aromatic carbocycles. The molecule has 0 radical (unpaired) electrons. The molecule has 25 heavy (non-hydrogen) atoms. The highest BCUT2D eigenvalue weighted by molar-refractivity contribution is 5.87. The third-order valence-corrected chi connectivity index (χ3v) is 5.11. The Morgan fingerprint density at radius 3 is 2.04 bits per heavy atom. The Balaban J connectivity index is 1.76. The maximum Gasteiger partial charge on any atom is 0.306 e. The van der Waals surface area contributed by atoms with Gasteiger partial charge in [0, 0.05) is 5.92 Å². The van der Waals surface area contributed by atoms with Crippen molar-refractivity contribution in [1.82, 2.24) is 0 Å². The van der Waals surface area contributed by atoms with E-state index in [-0.39, 0.29) is 31.3 Å². The zero-order valence-electron chi connectivity index (χ0n) is 14.5. The van der Waals surface area contributed by atoms with Crippen molar-refractivity contribution in [2.45, 2.75) is 26.2 Å². The smallest absolute Gasteiger partial charge is 0.306 e. The number of fused-ring (bicyclic) bond motifs is 3. The SMILES string of the molecule is CC(=O)C(C)(CO)CC(=O)OCC1c2ccccc2-c2ccccc21. The van der Waals surface area contributed by atoms with Crippen LogP contribution in [0.3, 0.4) is 0 Å². The zero-order valence-corrected chi connectivity index (χ0v) is 14.5. The summed E-state index contributed by atoms with van der Waals surface area (Å²) in [5, 5.41) is 9.42. The minimum atomic E-state index is -1.08. The van der Waals surface area contributed by atoms with Crippen molar-refractivity contribution in [3.8, 4) is 11.1 Å². The molecule has 1 aliphatic carbocycles. The van der Waals surface area contributed by atoms with Crippen molar-refractivity contribution in [2.75, 3.05) is 13.2 Å². The highest BCUT2D eigenvalue weighted by Crippen LogP contribution is 2.44. The van der Waals surface area contributed by atoms with Crippen molar-refractivity contribution in [1.29, 1.82) is 0 Å². The summed E-state index contributed by atoms with van der Waals surface area (Å²) < 4.78 is 5.49. The summed E-state index contributed by atoms with van der Waals surface area (Å²) in [7, 11) is 0. The zero-order chi connectivity index (χ0) is 18.0. The lowest BCUT2D eigenvalue weighted by atomic mass is 9.84. The number of carbonyl (C=O) groups is 2. The molecule has 3 rings (SSSR count). The van der Waals surface area contributed by atoms with Gasteiger partial charge in [0.2, 0.25) is 0 Å². The van der Waals surface area contributed by atoms with Crippen molar-refractivity contribution in [3.05, 3.63) is 59.7 Å². The van der Waals surface area contributed by atoms with Gasteiger partial charge in [-0.1, -0.05) is 48.5 Å². The van der Waals surface area contributed by atoms with Crippen LogP contribution in [-0.4, -0.2) is 30.1 Å². The van der Waals surface area contributed by atoms with Gasteiger partial charge in [-0.05, 0) is 36.1 Å². The molecule has 0 spiro atoms. The fourth-order valence-electron chi connectivity index (χ4n) is 3.28. The Morgan fingerprint density at radius 1 is 1.04 bits per heavy atom. The molecule has 0 amide bonds. The molecule has 0 bridgehead atoms. The predicted molar refractivity (Wildman–Crippen MR) is 95.2 cm³/mol. The molecule has 0 aliphatic heterocycles. The first-order chi connectivity index (χ1) is 12.0. The maximum absolute atomic E-state index is 12.2. The highest BCUT2D eigenvalue weighted by atomic mass is 16.5. The molecule has 0 saturated heterocycles. The van der Waals surface area contributed by atoms with Gasteiger partial charge < -0.3 is 9.84 Å². The predicted octanol–water partition coefficient (Wildman–Crippen LogP) is 3.32. The average Bonchev–Trinajstić information content (AvgIpc) is 2.94. The lowest BCUT2D eigenvalue weighted by molar-refractivity contribution is -0.150. The third kappa shape index (κ3) is 3.22. The van der Waals surface area contributed by atoms with Gasteiger partial charge in [0.1, 0.15) is 12.4 Å². The number of ether oxygens (including phenoxy) is 1. The normalized spacial score (nSPS) is 15.2. The van der Waals surface area contributed by atoms with Crippen LogP contribution >= 0.6 is 0 Å². The van der Waals surface area contributed by atoms with E-state index in [9.17, 15) is 14.7 Å². The number of aliphatic hydroxyl groups is 1. The van der Waals surface area contributed by atoms with E-state index in [2.05, 4.69) is 24.3 Å².